The van der Waals surface area contributed by atoms with Crippen LogP contribution in [0.5, 0.6) is 0 Å². The molecule has 0 aliphatic rings. The van der Waals surface area contributed by atoms with E-state index in [0.717, 1.165) is 6.29 Å². The molecular formula is C6H11NaO3. The Morgan fingerprint density at radius 3 is 1.70 bits per heavy atom. The van der Waals surface area contributed by atoms with Gasteiger partial charge in [0, 0.05) is 12.4 Å². The summed E-state index contributed by atoms with van der Waals surface area (Å²) in [5.41, 5.74) is 0. The largest absolute Gasteiger partial charge is 1.00 e. The average Bonchev–Trinajstić information content (AvgIpc) is 1.89. The van der Waals surface area contributed by atoms with E-state index in [1.54, 1.807) is 0 Å². The first-order chi connectivity index (χ1) is 4.18. The van der Waals surface area contributed by atoms with Gasteiger partial charge in [-0.25, -0.2) is 0 Å². The zero-order chi connectivity index (χ0) is 7.70. The fourth-order valence-electron chi connectivity index (χ4n) is 0. The summed E-state index contributed by atoms with van der Waals surface area (Å²) in [5, 5.41) is 9.26. The monoisotopic (exact) mass is 154 g/mol. The number of hydrogen-bond donors (Lipinski definition) is 0. The van der Waals surface area contributed by atoms with Crippen LogP contribution in [0.3, 0.4) is 0 Å². The van der Waals surface area contributed by atoms with Gasteiger partial charge in [0.2, 0.25) is 0 Å². The second-order valence-electron chi connectivity index (χ2n) is 1.30. The van der Waals surface area contributed by atoms with Crippen molar-refractivity contribution in [3.63, 3.8) is 0 Å². The molecule has 0 radical (unpaired) electrons. The average molecular weight is 154 g/mol. The van der Waals surface area contributed by atoms with E-state index < -0.39 is 5.97 Å². The first kappa shape index (κ1) is 16.6. The number of aliphatic carboxylic acids is 1. The van der Waals surface area contributed by atoms with Crippen molar-refractivity contribution >= 4 is 12.3 Å². The maximum atomic E-state index is 9.26. The number of rotatable bonds is 2. The molecule has 54 valence electrons. The fraction of sp³-hybridized carbons (Fsp3) is 0.667. The van der Waals surface area contributed by atoms with Crippen molar-refractivity contribution in [3.05, 3.63) is 0 Å². The van der Waals surface area contributed by atoms with Crippen molar-refractivity contribution < 1.29 is 44.3 Å². The first-order valence-electron chi connectivity index (χ1n) is 2.82. The van der Waals surface area contributed by atoms with Crippen LogP contribution in [0.1, 0.15) is 26.7 Å². The molecule has 0 aromatic rings. The van der Waals surface area contributed by atoms with Gasteiger partial charge in [0.25, 0.3) is 0 Å². The molecule has 0 fully saturated rings. The molecule has 0 aliphatic carbocycles. The number of carbonyl (C=O) groups is 2. The molecule has 0 rings (SSSR count). The molecule has 4 heteroatoms. The Morgan fingerprint density at radius 2 is 1.70 bits per heavy atom. The second kappa shape index (κ2) is 16.1. The van der Waals surface area contributed by atoms with Gasteiger partial charge in [-0.1, -0.05) is 13.8 Å². The molecule has 0 aromatic carbocycles. The van der Waals surface area contributed by atoms with E-state index in [2.05, 4.69) is 0 Å². The van der Waals surface area contributed by atoms with Crippen molar-refractivity contribution in [2.24, 2.45) is 0 Å². The van der Waals surface area contributed by atoms with Crippen molar-refractivity contribution in [1.82, 2.24) is 0 Å². The van der Waals surface area contributed by atoms with Crippen LogP contribution in [0.25, 0.3) is 0 Å². The Kier molecular flexibility index (Phi) is 26.7. The molecule has 3 nitrogen and oxygen atoms in total. The molecule has 0 N–H and O–H groups in total. The second-order valence-corrected chi connectivity index (χ2v) is 1.30. The van der Waals surface area contributed by atoms with Gasteiger partial charge in [0.05, 0.1) is 0 Å². The number of hydrogen-bond acceptors (Lipinski definition) is 3. The third-order valence-electron chi connectivity index (χ3n) is 0.455. The molecule has 0 aromatic heterocycles. The Morgan fingerprint density at radius 1 is 1.50 bits per heavy atom. The van der Waals surface area contributed by atoms with Gasteiger partial charge in [-0.2, -0.15) is 0 Å². The normalized spacial score (nSPS) is 6.20. The fourth-order valence-corrected chi connectivity index (χ4v) is 0. The van der Waals surface area contributed by atoms with Gasteiger partial charge in [0.15, 0.2) is 0 Å². The van der Waals surface area contributed by atoms with Crippen molar-refractivity contribution in [2.45, 2.75) is 26.7 Å². The summed E-state index contributed by atoms with van der Waals surface area (Å²) in [6, 6.07) is 0. The molecule has 0 saturated heterocycles. The quantitative estimate of drug-likeness (QED) is 0.310. The van der Waals surface area contributed by atoms with Gasteiger partial charge >= 0.3 is 29.6 Å². The molecule has 0 bridgehead atoms. The number of carboxylic acids is 1. The van der Waals surface area contributed by atoms with Crippen LogP contribution < -0.4 is 34.7 Å². The van der Waals surface area contributed by atoms with Crippen LogP contribution in [0, 0.1) is 0 Å². The minimum Gasteiger partial charge on any atom is -0.550 e. The summed E-state index contributed by atoms with van der Waals surface area (Å²) in [4.78, 5) is 18.4. The molecule has 0 atom stereocenters. The summed E-state index contributed by atoms with van der Waals surface area (Å²) in [6.45, 7) is 3.35. The van der Waals surface area contributed by atoms with Crippen LogP contribution in [0.4, 0.5) is 0 Å². The predicted octanol–water partition coefficient (Wildman–Crippen LogP) is -3.25. The van der Waals surface area contributed by atoms with Crippen LogP contribution in [-0.2, 0) is 9.59 Å². The molecule has 0 heterocycles. The Hall–Kier alpha value is 0.140. The molecular weight excluding hydrogens is 143 g/mol. The van der Waals surface area contributed by atoms with Gasteiger partial charge in [0.1, 0.15) is 6.29 Å². The minimum absolute atomic E-state index is 0. The SMILES string of the molecule is CCC(=O)[O-].CCC=O.[Na+]. The summed E-state index contributed by atoms with van der Waals surface area (Å²) in [6.07, 6.45) is 1.62. The summed E-state index contributed by atoms with van der Waals surface area (Å²) in [7, 11) is 0. The Balaban J connectivity index is -0.0000000910. The van der Waals surface area contributed by atoms with E-state index in [0.29, 0.717) is 6.42 Å². The van der Waals surface area contributed by atoms with Crippen molar-refractivity contribution in [1.29, 1.82) is 0 Å². The third-order valence-corrected chi connectivity index (χ3v) is 0.455. The topological polar surface area (TPSA) is 57.2 Å². The van der Waals surface area contributed by atoms with E-state index >= 15 is 0 Å². The van der Waals surface area contributed by atoms with Gasteiger partial charge in [-0.05, 0) is 6.42 Å². The maximum absolute atomic E-state index is 9.26. The van der Waals surface area contributed by atoms with Crippen LogP contribution in [-0.4, -0.2) is 12.3 Å². The maximum Gasteiger partial charge on any atom is 1.00 e. The summed E-state index contributed by atoms with van der Waals surface area (Å²) < 4.78 is 0. The van der Waals surface area contributed by atoms with Crippen LogP contribution in [0.15, 0.2) is 0 Å². The number of carbonyl (C=O) groups excluding carboxylic acids is 2. The van der Waals surface area contributed by atoms with Gasteiger partial charge in [-0.15, -0.1) is 0 Å². The first-order valence-corrected chi connectivity index (χ1v) is 2.82. The molecule has 0 amide bonds. The molecule has 0 unspecified atom stereocenters. The van der Waals surface area contributed by atoms with Gasteiger partial charge < -0.3 is 14.7 Å². The summed E-state index contributed by atoms with van der Waals surface area (Å²) in [5.74, 6) is -0.995. The van der Waals surface area contributed by atoms with Crippen molar-refractivity contribution in [2.75, 3.05) is 0 Å². The zero-order valence-electron chi connectivity index (χ0n) is 6.72. The van der Waals surface area contributed by atoms with E-state index in [4.69, 9.17) is 0 Å². The molecule has 0 aliphatic heterocycles. The van der Waals surface area contributed by atoms with E-state index in [9.17, 15) is 14.7 Å². The molecule has 10 heavy (non-hydrogen) atoms. The van der Waals surface area contributed by atoms with E-state index in [1.807, 2.05) is 6.92 Å². The Bertz CT molecular complexity index is 83.1. The standard InChI is InChI=1S/C3H6O2.C3H6O.Na/c1-2-3(4)5;1-2-3-4;/h2H2,1H3,(H,4,5);3H,2H2,1H3;/q;;+1/p-1. The van der Waals surface area contributed by atoms with E-state index in [1.165, 1.54) is 6.92 Å². The van der Waals surface area contributed by atoms with Crippen LogP contribution in [0.2, 0.25) is 0 Å². The predicted molar refractivity (Wildman–Crippen MR) is 31.7 cm³/mol. The van der Waals surface area contributed by atoms with Crippen molar-refractivity contribution in [3.8, 4) is 0 Å². The minimum atomic E-state index is -0.995. The Labute approximate surface area is 83.1 Å². The number of carboxylic acid groups (broad SMARTS) is 1. The zero-order valence-corrected chi connectivity index (χ0v) is 8.72. The van der Waals surface area contributed by atoms with E-state index in [-0.39, 0.29) is 36.0 Å². The van der Waals surface area contributed by atoms with Crippen LogP contribution >= 0.6 is 0 Å². The summed E-state index contributed by atoms with van der Waals surface area (Å²) >= 11 is 0. The third kappa shape index (κ3) is 42.1. The smallest absolute Gasteiger partial charge is 0.550 e. The molecule has 0 spiro atoms. The van der Waals surface area contributed by atoms with Gasteiger partial charge in [-0.3, -0.25) is 0 Å². The number of aldehydes is 1. The molecule has 0 saturated carbocycles.